The first kappa shape index (κ1) is 20.0. The smallest absolute Gasteiger partial charge is 0.324 e. The molecule has 1 aromatic heterocycles. The number of rotatable bonds is 6. The van der Waals surface area contributed by atoms with Gasteiger partial charge >= 0.3 is 6.03 Å². The molecule has 0 saturated carbocycles. The van der Waals surface area contributed by atoms with Crippen molar-refractivity contribution in [1.29, 1.82) is 0 Å². The van der Waals surface area contributed by atoms with Gasteiger partial charge in [0.2, 0.25) is 0 Å². The van der Waals surface area contributed by atoms with Gasteiger partial charge in [0.25, 0.3) is 0 Å². The second-order valence-corrected chi connectivity index (χ2v) is 8.29. The van der Waals surface area contributed by atoms with Crippen LogP contribution in [0.1, 0.15) is 62.8 Å². The van der Waals surface area contributed by atoms with Gasteiger partial charge in [0.1, 0.15) is 0 Å². The van der Waals surface area contributed by atoms with Crippen LogP contribution in [0.5, 0.6) is 0 Å². The van der Waals surface area contributed by atoms with E-state index in [0.717, 1.165) is 24.2 Å². The Morgan fingerprint density at radius 1 is 1.31 bits per heavy atom. The molecular formula is C24H34N4O. The van der Waals surface area contributed by atoms with Gasteiger partial charge < -0.3 is 4.90 Å². The first-order chi connectivity index (χ1) is 14.1. The first-order valence-electron chi connectivity index (χ1n) is 11.2. The summed E-state index contributed by atoms with van der Waals surface area (Å²) in [6.45, 7) is 14.1. The summed E-state index contributed by atoms with van der Waals surface area (Å²) in [6.07, 6.45) is 6.66. The number of fused-ring (bicyclic) bond motifs is 2. The fraction of sp³-hybridized carbons (Fsp3) is 0.542. The highest BCUT2D eigenvalue weighted by Crippen LogP contribution is 2.45. The number of carbonyl (C=O) groups is 1. The van der Waals surface area contributed by atoms with E-state index in [1.165, 1.54) is 42.3 Å². The summed E-state index contributed by atoms with van der Waals surface area (Å²) in [7, 11) is 0. The van der Waals surface area contributed by atoms with Gasteiger partial charge in [0.05, 0.1) is 11.2 Å². The Kier molecular flexibility index (Phi) is 5.68. The SMILES string of the molecule is C=Cc1c2c3c(cccc3n1NC(=O)N(CC)CC)[C@H]1CCCN(CCC)[C@@H]1C2. The number of carbonyl (C=O) groups excluding carboxylic acids is 1. The van der Waals surface area contributed by atoms with Crippen LogP contribution in [0.15, 0.2) is 24.8 Å². The standard InChI is InChI=1S/C24H34N4O/c1-5-14-27-15-10-12-17-18-11-9-13-21-23(18)19(16-22(17)27)20(6-2)28(21)25-24(29)26(7-3)8-4/h6,9,11,13,17,22H,2,5,7-8,10,12,14-16H2,1,3-4H3,(H,25,29)/t17-,22-/m1/s1. The molecule has 1 aliphatic carbocycles. The number of piperidine rings is 1. The lowest BCUT2D eigenvalue weighted by atomic mass is 9.74. The third kappa shape index (κ3) is 3.25. The quantitative estimate of drug-likeness (QED) is 0.764. The minimum Gasteiger partial charge on any atom is -0.324 e. The Morgan fingerprint density at radius 2 is 2.10 bits per heavy atom. The Balaban J connectivity index is 1.82. The summed E-state index contributed by atoms with van der Waals surface area (Å²) in [6, 6.07) is 7.08. The molecule has 2 heterocycles. The first-order valence-corrected chi connectivity index (χ1v) is 11.2. The van der Waals surface area contributed by atoms with Gasteiger partial charge in [0, 0.05) is 30.4 Å². The summed E-state index contributed by atoms with van der Waals surface area (Å²) in [5, 5.41) is 1.34. The molecule has 1 aliphatic heterocycles. The molecule has 0 radical (unpaired) electrons. The second-order valence-electron chi connectivity index (χ2n) is 8.29. The van der Waals surface area contributed by atoms with E-state index < -0.39 is 0 Å². The van der Waals surface area contributed by atoms with Crippen LogP contribution < -0.4 is 5.43 Å². The maximum Gasteiger partial charge on any atom is 0.336 e. The number of likely N-dealkylation sites (tertiary alicyclic amines) is 1. The van der Waals surface area contributed by atoms with Crippen LogP contribution in [-0.4, -0.2) is 52.7 Å². The van der Waals surface area contributed by atoms with Crippen LogP contribution in [0.3, 0.4) is 0 Å². The molecule has 2 aromatic rings. The van der Waals surface area contributed by atoms with Crippen LogP contribution in [0.25, 0.3) is 17.0 Å². The maximum atomic E-state index is 12.8. The molecule has 0 bridgehead atoms. The fourth-order valence-electron chi connectivity index (χ4n) is 5.53. The summed E-state index contributed by atoms with van der Waals surface area (Å²) in [5.74, 6) is 0.582. The van der Waals surface area contributed by atoms with E-state index in [2.05, 4.69) is 42.0 Å². The van der Waals surface area contributed by atoms with Crippen molar-refractivity contribution >= 4 is 23.0 Å². The molecule has 0 unspecified atom stereocenters. The van der Waals surface area contributed by atoms with E-state index in [0.29, 0.717) is 25.0 Å². The van der Waals surface area contributed by atoms with Crippen LogP contribution >= 0.6 is 0 Å². The predicted octanol–water partition coefficient (Wildman–Crippen LogP) is 4.80. The van der Waals surface area contributed by atoms with Crippen molar-refractivity contribution in [1.82, 2.24) is 14.5 Å². The van der Waals surface area contributed by atoms with E-state index >= 15 is 0 Å². The molecule has 4 rings (SSSR count). The molecule has 1 saturated heterocycles. The van der Waals surface area contributed by atoms with Gasteiger partial charge in [-0.15, -0.1) is 0 Å². The minimum absolute atomic E-state index is 0.0591. The van der Waals surface area contributed by atoms with Crippen molar-refractivity contribution in [3.63, 3.8) is 0 Å². The predicted molar refractivity (Wildman–Crippen MR) is 121 cm³/mol. The van der Waals surface area contributed by atoms with Gasteiger partial charge in [-0.2, -0.15) is 0 Å². The number of hydrogen-bond acceptors (Lipinski definition) is 2. The van der Waals surface area contributed by atoms with Crippen molar-refractivity contribution in [2.24, 2.45) is 0 Å². The highest BCUT2D eigenvalue weighted by molar-refractivity contribution is 5.95. The van der Waals surface area contributed by atoms with E-state index in [1.807, 2.05) is 29.5 Å². The molecule has 29 heavy (non-hydrogen) atoms. The van der Waals surface area contributed by atoms with Crippen molar-refractivity contribution < 1.29 is 4.79 Å². The molecule has 0 spiro atoms. The Labute approximate surface area is 174 Å². The molecule has 156 valence electrons. The van der Waals surface area contributed by atoms with Crippen molar-refractivity contribution in [2.45, 2.75) is 58.4 Å². The van der Waals surface area contributed by atoms with Gasteiger partial charge in [-0.25, -0.2) is 10.2 Å². The third-order valence-corrected chi connectivity index (χ3v) is 6.84. The highest BCUT2D eigenvalue weighted by atomic mass is 16.2. The van der Waals surface area contributed by atoms with E-state index in [9.17, 15) is 4.79 Å². The Morgan fingerprint density at radius 3 is 2.79 bits per heavy atom. The highest BCUT2D eigenvalue weighted by Gasteiger charge is 2.38. The molecule has 5 heteroatoms. The van der Waals surface area contributed by atoms with Gasteiger partial charge in [-0.3, -0.25) is 9.58 Å². The number of urea groups is 1. The van der Waals surface area contributed by atoms with E-state index in [1.54, 1.807) is 0 Å². The maximum absolute atomic E-state index is 12.8. The summed E-state index contributed by atoms with van der Waals surface area (Å²) in [4.78, 5) is 17.3. The van der Waals surface area contributed by atoms with E-state index in [-0.39, 0.29) is 6.03 Å². The van der Waals surface area contributed by atoms with Crippen LogP contribution in [0.2, 0.25) is 0 Å². The number of amides is 2. The van der Waals surface area contributed by atoms with Crippen LogP contribution in [0, 0.1) is 0 Å². The average molecular weight is 395 g/mol. The molecule has 2 aliphatic rings. The van der Waals surface area contributed by atoms with Gasteiger partial charge in [-0.1, -0.05) is 25.6 Å². The molecule has 1 aromatic carbocycles. The number of nitrogens with one attached hydrogen (secondary N) is 1. The summed E-state index contributed by atoms with van der Waals surface area (Å²) >= 11 is 0. The molecule has 2 amide bonds. The summed E-state index contributed by atoms with van der Waals surface area (Å²) in [5.41, 5.74) is 8.08. The summed E-state index contributed by atoms with van der Waals surface area (Å²) < 4.78 is 1.98. The zero-order valence-corrected chi connectivity index (χ0v) is 18.1. The lowest BCUT2D eigenvalue weighted by Crippen LogP contribution is -2.47. The molecular weight excluding hydrogens is 360 g/mol. The lowest BCUT2D eigenvalue weighted by molar-refractivity contribution is 0.124. The van der Waals surface area contributed by atoms with Crippen molar-refractivity contribution in [3.05, 3.63) is 41.6 Å². The largest absolute Gasteiger partial charge is 0.336 e. The van der Waals surface area contributed by atoms with E-state index in [4.69, 9.17) is 0 Å². The number of benzene rings is 1. The molecule has 1 N–H and O–H groups in total. The van der Waals surface area contributed by atoms with Crippen molar-refractivity contribution in [2.75, 3.05) is 31.6 Å². The zero-order valence-electron chi connectivity index (χ0n) is 18.1. The fourth-order valence-corrected chi connectivity index (χ4v) is 5.53. The normalized spacial score (nSPS) is 21.1. The average Bonchev–Trinajstić information content (AvgIpc) is 3.03. The number of hydrogen-bond donors (Lipinski definition) is 1. The Hall–Kier alpha value is -2.27. The number of aromatic nitrogens is 1. The number of nitrogens with zero attached hydrogens (tertiary/aromatic N) is 3. The second kappa shape index (κ2) is 8.23. The van der Waals surface area contributed by atoms with Gasteiger partial charge in [-0.05, 0) is 75.9 Å². The molecule has 1 fully saturated rings. The van der Waals surface area contributed by atoms with Crippen LogP contribution in [-0.2, 0) is 6.42 Å². The Bertz CT molecular complexity index is 909. The third-order valence-electron chi connectivity index (χ3n) is 6.84. The van der Waals surface area contributed by atoms with Crippen LogP contribution in [0.4, 0.5) is 4.79 Å². The lowest BCUT2D eigenvalue weighted by Gasteiger charge is -2.44. The zero-order chi connectivity index (χ0) is 20.5. The monoisotopic (exact) mass is 394 g/mol. The van der Waals surface area contributed by atoms with Crippen molar-refractivity contribution in [3.8, 4) is 0 Å². The molecule has 5 nitrogen and oxygen atoms in total. The van der Waals surface area contributed by atoms with Gasteiger partial charge in [0.15, 0.2) is 0 Å². The minimum atomic E-state index is -0.0591. The molecule has 2 atom stereocenters. The topological polar surface area (TPSA) is 40.5 Å².